The SMILES string of the molecule is C[C@]12c3ccccc3[C@](Oc3ccccc3)(c3ccccc31)C(OC(=O)c1ccccc1)C2OC(=O)c1ccccc1. The van der Waals surface area contributed by atoms with Crippen molar-refractivity contribution < 1.29 is 23.8 Å². The number of hydrogen-bond donors (Lipinski definition) is 0. The van der Waals surface area contributed by atoms with Crippen molar-refractivity contribution >= 4 is 11.9 Å². The Morgan fingerprint density at radius 1 is 0.500 bits per heavy atom. The molecule has 0 spiro atoms. The third-order valence-electron chi connectivity index (χ3n) is 8.53. The van der Waals surface area contributed by atoms with E-state index in [1.54, 1.807) is 48.5 Å². The van der Waals surface area contributed by atoms with Crippen molar-refractivity contribution in [1.29, 1.82) is 0 Å². The van der Waals surface area contributed by atoms with Crippen molar-refractivity contribution in [1.82, 2.24) is 0 Å². The Morgan fingerprint density at radius 3 is 1.36 bits per heavy atom. The van der Waals surface area contributed by atoms with E-state index < -0.39 is 35.2 Å². The molecule has 5 nitrogen and oxygen atoms in total. The molecule has 0 heterocycles. The van der Waals surface area contributed by atoms with Gasteiger partial charge in [-0.2, -0.15) is 0 Å². The molecule has 0 fully saturated rings. The minimum absolute atomic E-state index is 0.397. The maximum Gasteiger partial charge on any atom is 0.338 e. The van der Waals surface area contributed by atoms with Gasteiger partial charge in [0.25, 0.3) is 0 Å². The number of carbonyl (C=O) groups is 2. The van der Waals surface area contributed by atoms with Gasteiger partial charge in [-0.3, -0.25) is 0 Å². The fraction of sp³-hybridized carbons (Fsp3) is 0.135. The highest BCUT2D eigenvalue weighted by molar-refractivity contribution is 5.91. The van der Waals surface area contributed by atoms with E-state index in [9.17, 15) is 9.59 Å². The summed E-state index contributed by atoms with van der Waals surface area (Å²) >= 11 is 0. The predicted octanol–water partition coefficient (Wildman–Crippen LogP) is 7.09. The summed E-state index contributed by atoms with van der Waals surface area (Å²) in [6.07, 6.45) is -1.93. The largest absolute Gasteiger partial charge is 0.474 e. The van der Waals surface area contributed by atoms with Crippen molar-refractivity contribution in [2.24, 2.45) is 0 Å². The average Bonchev–Trinajstić information content (AvgIpc) is 3.05. The summed E-state index contributed by atoms with van der Waals surface area (Å²) < 4.78 is 19.9. The summed E-state index contributed by atoms with van der Waals surface area (Å²) in [7, 11) is 0. The molecule has 2 unspecified atom stereocenters. The van der Waals surface area contributed by atoms with Crippen molar-refractivity contribution in [2.45, 2.75) is 30.1 Å². The molecule has 0 saturated carbocycles. The summed E-state index contributed by atoms with van der Waals surface area (Å²) in [4.78, 5) is 27.5. The zero-order valence-corrected chi connectivity index (χ0v) is 23.0. The van der Waals surface area contributed by atoms with Gasteiger partial charge in [0.1, 0.15) is 5.75 Å². The second-order valence-electron chi connectivity index (χ2n) is 10.8. The molecule has 0 radical (unpaired) electrons. The molecule has 5 aromatic carbocycles. The highest BCUT2D eigenvalue weighted by Gasteiger charge is 2.69. The summed E-state index contributed by atoms with van der Waals surface area (Å²) in [5.74, 6) is -0.426. The molecule has 0 N–H and O–H groups in total. The normalized spacial score (nSPS) is 23.3. The number of ether oxygens (including phenoxy) is 3. The van der Waals surface area contributed by atoms with Gasteiger partial charge in [-0.15, -0.1) is 0 Å². The quantitative estimate of drug-likeness (QED) is 0.211. The number of fused-ring (bicyclic) bond motifs is 1. The first-order valence-corrected chi connectivity index (χ1v) is 14.0. The highest BCUT2D eigenvalue weighted by Crippen LogP contribution is 2.61. The minimum Gasteiger partial charge on any atom is -0.474 e. The lowest BCUT2D eigenvalue weighted by Crippen LogP contribution is -2.69. The Bertz CT molecular complexity index is 1720. The molecule has 5 heteroatoms. The van der Waals surface area contributed by atoms with Crippen molar-refractivity contribution in [2.75, 3.05) is 0 Å². The monoisotopic (exact) mass is 552 g/mol. The minimum atomic E-state index is -1.31. The van der Waals surface area contributed by atoms with Crippen LogP contribution in [0.4, 0.5) is 0 Å². The molecule has 2 bridgehead atoms. The van der Waals surface area contributed by atoms with Crippen LogP contribution in [-0.4, -0.2) is 24.1 Å². The van der Waals surface area contributed by atoms with Crippen LogP contribution >= 0.6 is 0 Å². The van der Waals surface area contributed by atoms with Crippen LogP contribution in [-0.2, 0) is 20.5 Å². The summed E-state index contributed by atoms with van der Waals surface area (Å²) in [6, 6.07) is 43.2. The fourth-order valence-electron chi connectivity index (χ4n) is 6.62. The first kappa shape index (κ1) is 25.8. The van der Waals surface area contributed by atoms with Gasteiger partial charge in [0.2, 0.25) is 0 Å². The van der Waals surface area contributed by atoms with Gasteiger partial charge in [-0.1, -0.05) is 103 Å². The lowest BCUT2D eigenvalue weighted by atomic mass is 9.51. The third kappa shape index (κ3) is 3.85. The van der Waals surface area contributed by atoms with Crippen LogP contribution in [0.1, 0.15) is 49.9 Å². The van der Waals surface area contributed by atoms with E-state index in [0.717, 1.165) is 22.3 Å². The molecule has 0 saturated heterocycles. The molecular weight excluding hydrogens is 524 g/mol. The van der Waals surface area contributed by atoms with Crippen LogP contribution in [0.25, 0.3) is 0 Å². The molecule has 2 atom stereocenters. The summed E-state index contributed by atoms with van der Waals surface area (Å²) in [6.45, 7) is 2.06. The zero-order valence-electron chi connectivity index (χ0n) is 23.0. The number of hydrogen-bond acceptors (Lipinski definition) is 5. The van der Waals surface area contributed by atoms with Crippen LogP contribution in [0, 0.1) is 0 Å². The third-order valence-corrected chi connectivity index (χ3v) is 8.53. The molecule has 8 rings (SSSR count). The maximum absolute atomic E-state index is 13.8. The Kier molecular flexibility index (Phi) is 6.16. The van der Waals surface area contributed by atoms with Crippen molar-refractivity contribution in [3.63, 3.8) is 0 Å². The molecule has 3 aliphatic carbocycles. The van der Waals surface area contributed by atoms with E-state index in [2.05, 4.69) is 6.92 Å². The molecule has 0 aliphatic heterocycles. The average molecular weight is 553 g/mol. The fourth-order valence-corrected chi connectivity index (χ4v) is 6.62. The maximum atomic E-state index is 13.8. The molecular formula is C37H28O5. The van der Waals surface area contributed by atoms with Crippen molar-refractivity contribution in [3.05, 3.63) is 173 Å². The van der Waals surface area contributed by atoms with Gasteiger partial charge >= 0.3 is 11.9 Å². The number of benzene rings is 5. The standard InChI is InChI=1S/C37H28O5/c1-36-28-21-11-13-23-30(28)37(31-24-14-12-22-29(31)36,42-27-19-9-4-10-20-27)33(41-35(39)26-17-7-3-8-18-26)32(36)40-34(38)25-15-5-2-6-16-25/h2-24,32-33H,1H3/t32?,33?,36-,37-. The van der Waals surface area contributed by atoms with Crippen LogP contribution in [0.2, 0.25) is 0 Å². The van der Waals surface area contributed by atoms with Gasteiger partial charge in [0.15, 0.2) is 17.8 Å². The first-order chi connectivity index (χ1) is 20.5. The van der Waals surface area contributed by atoms with E-state index in [-0.39, 0.29) is 0 Å². The molecule has 3 aliphatic rings. The van der Waals surface area contributed by atoms with Gasteiger partial charge in [0, 0.05) is 11.1 Å². The van der Waals surface area contributed by atoms with Gasteiger partial charge in [-0.05, 0) is 54.4 Å². The van der Waals surface area contributed by atoms with Crippen LogP contribution < -0.4 is 4.74 Å². The van der Waals surface area contributed by atoms with Crippen LogP contribution in [0.15, 0.2) is 140 Å². The molecule has 0 amide bonds. The Labute approximate surface area is 244 Å². The van der Waals surface area contributed by atoms with Crippen molar-refractivity contribution in [3.8, 4) is 5.75 Å². The first-order valence-electron chi connectivity index (χ1n) is 14.0. The molecule has 5 aromatic rings. The lowest BCUT2D eigenvalue weighted by Gasteiger charge is -2.59. The second-order valence-corrected chi connectivity index (χ2v) is 10.8. The molecule has 0 aromatic heterocycles. The molecule has 206 valence electrons. The van der Waals surface area contributed by atoms with E-state index in [1.165, 1.54) is 0 Å². The predicted molar refractivity (Wildman–Crippen MR) is 158 cm³/mol. The molecule has 42 heavy (non-hydrogen) atoms. The summed E-state index contributed by atoms with van der Waals surface area (Å²) in [5, 5.41) is 0. The summed E-state index contributed by atoms with van der Waals surface area (Å²) in [5.41, 5.74) is 2.30. The smallest absolute Gasteiger partial charge is 0.338 e. The zero-order chi connectivity index (χ0) is 28.7. The van der Waals surface area contributed by atoms with Gasteiger partial charge < -0.3 is 14.2 Å². The highest BCUT2D eigenvalue weighted by atomic mass is 16.6. The Balaban J connectivity index is 1.48. The number of esters is 2. The Hall–Kier alpha value is -5.16. The van der Waals surface area contributed by atoms with Gasteiger partial charge in [0.05, 0.1) is 16.5 Å². The van der Waals surface area contributed by atoms with Crippen LogP contribution in [0.3, 0.4) is 0 Å². The van der Waals surface area contributed by atoms with Crippen LogP contribution in [0.5, 0.6) is 5.75 Å². The van der Waals surface area contributed by atoms with Gasteiger partial charge in [-0.25, -0.2) is 9.59 Å². The lowest BCUT2D eigenvalue weighted by molar-refractivity contribution is -0.144. The van der Waals surface area contributed by atoms with E-state index >= 15 is 0 Å². The van der Waals surface area contributed by atoms with E-state index in [4.69, 9.17) is 14.2 Å². The Morgan fingerprint density at radius 2 is 0.881 bits per heavy atom. The number of rotatable bonds is 6. The van der Waals surface area contributed by atoms with E-state index in [0.29, 0.717) is 16.9 Å². The number of para-hydroxylation sites is 1. The van der Waals surface area contributed by atoms with E-state index in [1.807, 2.05) is 91.0 Å². The number of carbonyl (C=O) groups excluding carboxylic acids is 2. The second kappa shape index (κ2) is 10.0. The topological polar surface area (TPSA) is 61.8 Å².